The minimum Gasteiger partial charge on any atom is -0.359 e. The zero-order valence-electron chi connectivity index (χ0n) is 22.0. The van der Waals surface area contributed by atoms with Gasteiger partial charge in [0.1, 0.15) is 0 Å². The SMILES string of the molecule is CC(C)N(C)[C@H]1CCC2=CC3=CC[C@]4(C)C(c5ccc6ccccc6c5)CC[C@H]4C34CC[C@]2(C1)O4. The van der Waals surface area contributed by atoms with Crippen LogP contribution < -0.4 is 0 Å². The normalized spacial score (nSPS) is 39.9. The molecule has 35 heavy (non-hydrogen) atoms. The Balaban J connectivity index is 1.25. The van der Waals surface area contributed by atoms with E-state index in [9.17, 15) is 0 Å². The van der Waals surface area contributed by atoms with Gasteiger partial charge in [0.2, 0.25) is 0 Å². The summed E-state index contributed by atoms with van der Waals surface area (Å²) >= 11 is 0. The highest BCUT2D eigenvalue weighted by molar-refractivity contribution is 5.83. The summed E-state index contributed by atoms with van der Waals surface area (Å²) in [7, 11) is 2.32. The summed E-state index contributed by atoms with van der Waals surface area (Å²) < 4.78 is 7.51. The fraction of sp³-hybridized carbons (Fsp3) is 0.576. The first kappa shape index (κ1) is 22.3. The summed E-state index contributed by atoms with van der Waals surface area (Å²) in [6.45, 7) is 7.26. The smallest absolute Gasteiger partial charge is 0.0974 e. The minimum absolute atomic E-state index is 0.0112. The van der Waals surface area contributed by atoms with Gasteiger partial charge in [-0.15, -0.1) is 0 Å². The molecule has 184 valence electrons. The Hall–Kier alpha value is -1.90. The van der Waals surface area contributed by atoms with Crippen LogP contribution in [0.15, 0.2) is 65.8 Å². The molecule has 3 fully saturated rings. The maximum Gasteiger partial charge on any atom is 0.0974 e. The largest absolute Gasteiger partial charge is 0.359 e. The third kappa shape index (κ3) is 3.02. The van der Waals surface area contributed by atoms with Crippen LogP contribution in [-0.4, -0.2) is 35.2 Å². The van der Waals surface area contributed by atoms with Gasteiger partial charge in [-0.3, -0.25) is 0 Å². The molecule has 2 aromatic carbocycles. The molecule has 0 radical (unpaired) electrons. The lowest BCUT2D eigenvalue weighted by Crippen LogP contribution is -2.55. The molecule has 2 heteroatoms. The van der Waals surface area contributed by atoms with Gasteiger partial charge in [-0.2, -0.15) is 0 Å². The van der Waals surface area contributed by atoms with Crippen molar-refractivity contribution in [3.63, 3.8) is 0 Å². The first-order valence-corrected chi connectivity index (χ1v) is 14.2. The Morgan fingerprint density at radius 2 is 1.83 bits per heavy atom. The number of allylic oxidation sites excluding steroid dienone is 1. The molecule has 1 saturated heterocycles. The Morgan fingerprint density at radius 1 is 1.00 bits per heavy atom. The monoisotopic (exact) mass is 467 g/mol. The van der Waals surface area contributed by atoms with Crippen LogP contribution in [0.1, 0.15) is 83.6 Å². The van der Waals surface area contributed by atoms with E-state index in [1.165, 1.54) is 73.3 Å². The second kappa shape index (κ2) is 7.56. The maximum absolute atomic E-state index is 7.51. The Kier molecular flexibility index (Phi) is 4.82. The van der Waals surface area contributed by atoms with Crippen molar-refractivity contribution in [1.82, 2.24) is 4.90 Å². The maximum atomic E-state index is 7.51. The molecule has 6 atom stereocenters. The third-order valence-corrected chi connectivity index (χ3v) is 11.2. The topological polar surface area (TPSA) is 12.5 Å². The van der Waals surface area contributed by atoms with Gasteiger partial charge in [-0.05, 0) is 117 Å². The molecule has 2 aromatic rings. The molecule has 0 aromatic heterocycles. The van der Waals surface area contributed by atoms with Crippen molar-refractivity contribution in [3.05, 3.63) is 71.3 Å². The van der Waals surface area contributed by atoms with E-state index in [1.807, 2.05) is 0 Å². The number of hydrogen-bond acceptors (Lipinski definition) is 2. The number of hydrogen-bond donors (Lipinski definition) is 0. The van der Waals surface area contributed by atoms with E-state index in [0.717, 1.165) is 0 Å². The van der Waals surface area contributed by atoms with E-state index < -0.39 is 0 Å². The Morgan fingerprint density at radius 3 is 2.66 bits per heavy atom. The van der Waals surface area contributed by atoms with Crippen molar-refractivity contribution in [3.8, 4) is 0 Å². The molecular weight excluding hydrogens is 426 g/mol. The third-order valence-electron chi connectivity index (χ3n) is 11.2. The quantitative estimate of drug-likeness (QED) is 0.457. The van der Waals surface area contributed by atoms with Gasteiger partial charge in [-0.1, -0.05) is 61.5 Å². The van der Waals surface area contributed by atoms with Crippen LogP contribution in [0.4, 0.5) is 0 Å². The van der Waals surface area contributed by atoms with Crippen molar-refractivity contribution in [2.45, 2.75) is 101 Å². The molecule has 2 bridgehead atoms. The van der Waals surface area contributed by atoms with Gasteiger partial charge in [0.05, 0.1) is 11.2 Å². The van der Waals surface area contributed by atoms with Gasteiger partial charge < -0.3 is 9.64 Å². The average Bonchev–Trinajstić information content (AvgIpc) is 3.38. The van der Waals surface area contributed by atoms with Crippen molar-refractivity contribution >= 4 is 10.8 Å². The highest BCUT2D eigenvalue weighted by atomic mass is 16.5. The number of fused-ring (bicyclic) bond motifs is 2. The number of benzene rings is 2. The second-order valence-corrected chi connectivity index (χ2v) is 13.0. The van der Waals surface area contributed by atoms with Crippen molar-refractivity contribution in [2.75, 3.05) is 7.05 Å². The number of nitrogens with zero attached hydrogens (tertiary/aromatic N) is 1. The molecule has 2 aliphatic heterocycles. The summed E-state index contributed by atoms with van der Waals surface area (Å²) in [5.41, 5.74) is 4.89. The van der Waals surface area contributed by atoms with Crippen molar-refractivity contribution in [1.29, 1.82) is 0 Å². The van der Waals surface area contributed by atoms with E-state index in [1.54, 1.807) is 5.57 Å². The van der Waals surface area contributed by atoms with Crippen LogP contribution in [0, 0.1) is 11.3 Å². The van der Waals surface area contributed by atoms with E-state index >= 15 is 0 Å². The molecule has 2 heterocycles. The fourth-order valence-corrected chi connectivity index (χ4v) is 9.12. The summed E-state index contributed by atoms with van der Waals surface area (Å²) in [5.74, 6) is 1.23. The van der Waals surface area contributed by atoms with Gasteiger partial charge in [0.15, 0.2) is 0 Å². The van der Waals surface area contributed by atoms with E-state index in [-0.39, 0.29) is 16.6 Å². The summed E-state index contributed by atoms with van der Waals surface area (Å²) in [5, 5.41) is 2.73. The molecular formula is C33H41NO. The summed E-state index contributed by atoms with van der Waals surface area (Å²) in [4.78, 5) is 2.60. The van der Waals surface area contributed by atoms with E-state index in [2.05, 4.69) is 87.3 Å². The predicted octanol–water partition coefficient (Wildman–Crippen LogP) is 7.79. The molecule has 7 rings (SSSR count). The van der Waals surface area contributed by atoms with Crippen molar-refractivity contribution < 1.29 is 4.74 Å². The number of ether oxygens (including phenoxy) is 1. The van der Waals surface area contributed by atoms with Gasteiger partial charge in [0.25, 0.3) is 0 Å². The van der Waals surface area contributed by atoms with Crippen molar-refractivity contribution in [2.24, 2.45) is 11.3 Å². The molecule has 3 aliphatic carbocycles. The van der Waals surface area contributed by atoms with Crippen LogP contribution in [0.3, 0.4) is 0 Å². The molecule has 2 nitrogen and oxygen atoms in total. The highest BCUT2D eigenvalue weighted by Crippen LogP contribution is 2.69. The highest BCUT2D eigenvalue weighted by Gasteiger charge is 2.66. The second-order valence-electron chi connectivity index (χ2n) is 13.0. The van der Waals surface area contributed by atoms with Crippen LogP contribution in [-0.2, 0) is 4.74 Å². The minimum atomic E-state index is -0.0552. The first-order chi connectivity index (χ1) is 16.8. The summed E-state index contributed by atoms with van der Waals surface area (Å²) in [6, 6.07) is 17.3. The number of rotatable bonds is 3. The standard InChI is InChI=1S/C33H41NO/c1-22(2)34(4)28-12-11-26-20-27-15-16-31(3)29(25-10-9-23-7-5-6-8-24(23)19-25)13-14-30(31)33(27)18-17-32(26,21-28)35-33/h5-10,15,19-20,22,28-30H,11-14,16-18,21H2,1-4H3/t28-,29?,30+,31+,32+,33?/m0/s1. The van der Waals surface area contributed by atoms with Gasteiger partial charge in [-0.25, -0.2) is 0 Å². The van der Waals surface area contributed by atoms with E-state index in [4.69, 9.17) is 4.74 Å². The zero-order chi connectivity index (χ0) is 24.0. The molecule has 2 saturated carbocycles. The lowest BCUT2D eigenvalue weighted by molar-refractivity contribution is -0.141. The van der Waals surface area contributed by atoms with Crippen LogP contribution in [0.5, 0.6) is 0 Å². The molecule has 2 unspecified atom stereocenters. The molecule has 5 aliphatic rings. The van der Waals surface area contributed by atoms with Crippen LogP contribution in [0.25, 0.3) is 10.8 Å². The summed E-state index contributed by atoms with van der Waals surface area (Å²) in [6.07, 6.45) is 15.1. The van der Waals surface area contributed by atoms with Gasteiger partial charge in [0, 0.05) is 12.1 Å². The molecule has 0 amide bonds. The van der Waals surface area contributed by atoms with Crippen LogP contribution >= 0.6 is 0 Å². The zero-order valence-corrected chi connectivity index (χ0v) is 22.0. The fourth-order valence-electron chi connectivity index (χ4n) is 9.12. The van der Waals surface area contributed by atoms with Gasteiger partial charge >= 0.3 is 0 Å². The molecule has 2 spiro atoms. The molecule has 0 N–H and O–H groups in total. The van der Waals surface area contributed by atoms with Crippen LogP contribution in [0.2, 0.25) is 0 Å². The Labute approximate surface area is 211 Å². The lowest BCUT2D eigenvalue weighted by atomic mass is 9.58. The average molecular weight is 468 g/mol. The predicted molar refractivity (Wildman–Crippen MR) is 145 cm³/mol. The van der Waals surface area contributed by atoms with E-state index in [0.29, 0.717) is 23.9 Å². The Bertz CT molecular complexity index is 1240. The first-order valence-electron chi connectivity index (χ1n) is 14.2. The lowest BCUT2D eigenvalue weighted by Gasteiger charge is -2.55.